The van der Waals surface area contributed by atoms with E-state index in [0.29, 0.717) is 12.1 Å². The molecule has 1 aromatic carbocycles. The molecule has 16 heavy (non-hydrogen) atoms. The molecule has 0 spiro atoms. The summed E-state index contributed by atoms with van der Waals surface area (Å²) >= 11 is 1.30. The van der Waals surface area contributed by atoms with Crippen LogP contribution in [0, 0.1) is 0 Å². The maximum Gasteiger partial charge on any atom is 0.163 e. The predicted molar refractivity (Wildman–Crippen MR) is 63.5 cm³/mol. The highest BCUT2D eigenvalue weighted by atomic mass is 32.1. The van der Waals surface area contributed by atoms with E-state index in [1.807, 2.05) is 6.20 Å². The van der Waals surface area contributed by atoms with Crippen LogP contribution in [0.5, 0.6) is 0 Å². The van der Waals surface area contributed by atoms with Crippen molar-refractivity contribution in [2.45, 2.75) is 24.9 Å². The Kier molecular flexibility index (Phi) is 1.65. The zero-order valence-electron chi connectivity index (χ0n) is 8.71. The molecule has 80 valence electrons. The Labute approximate surface area is 98.1 Å². The third kappa shape index (κ3) is 0.976. The number of benzene rings is 1. The van der Waals surface area contributed by atoms with E-state index in [0.717, 1.165) is 5.82 Å². The van der Waals surface area contributed by atoms with Crippen LogP contribution in [-0.2, 0) is 0 Å². The van der Waals surface area contributed by atoms with Gasteiger partial charge in [0.2, 0.25) is 0 Å². The molecular formula is C12H11N3S. The molecule has 1 saturated heterocycles. The molecule has 2 unspecified atom stereocenters. The van der Waals surface area contributed by atoms with Gasteiger partial charge < -0.3 is 4.90 Å². The fraction of sp³-hybridized carbons (Fsp3) is 0.333. The smallest absolute Gasteiger partial charge is 0.163 e. The molecule has 0 saturated carbocycles. The van der Waals surface area contributed by atoms with Crippen molar-refractivity contribution < 1.29 is 0 Å². The summed E-state index contributed by atoms with van der Waals surface area (Å²) in [5.41, 5.74) is 2.98. The van der Waals surface area contributed by atoms with Crippen LogP contribution in [0.4, 0.5) is 5.82 Å². The lowest BCUT2D eigenvalue weighted by Gasteiger charge is -2.21. The maximum atomic E-state index is 4.38. The zero-order chi connectivity index (χ0) is 10.5. The van der Waals surface area contributed by atoms with Crippen LogP contribution in [0.15, 0.2) is 30.5 Å². The second-order valence-corrected chi connectivity index (χ2v) is 4.97. The zero-order valence-corrected chi connectivity index (χ0v) is 9.52. The van der Waals surface area contributed by atoms with Crippen molar-refractivity contribution >= 4 is 17.5 Å². The first-order valence-electron chi connectivity index (χ1n) is 5.60. The lowest BCUT2D eigenvalue weighted by Crippen LogP contribution is -2.18. The SMILES string of the molecule is c1ccc2c(c1)C1CCC2N1c1cnsn1. The first-order valence-corrected chi connectivity index (χ1v) is 6.33. The molecule has 0 N–H and O–H groups in total. The molecule has 1 fully saturated rings. The minimum atomic E-state index is 0.532. The molecule has 1 aromatic heterocycles. The van der Waals surface area contributed by atoms with Crippen molar-refractivity contribution in [3.05, 3.63) is 41.6 Å². The van der Waals surface area contributed by atoms with Gasteiger partial charge in [-0.3, -0.25) is 0 Å². The van der Waals surface area contributed by atoms with E-state index in [2.05, 4.69) is 37.9 Å². The molecule has 2 aromatic rings. The van der Waals surface area contributed by atoms with Crippen molar-refractivity contribution in [2.24, 2.45) is 0 Å². The molecular weight excluding hydrogens is 218 g/mol. The summed E-state index contributed by atoms with van der Waals surface area (Å²) in [5, 5.41) is 0. The minimum absolute atomic E-state index is 0.532. The van der Waals surface area contributed by atoms with Crippen molar-refractivity contribution in [2.75, 3.05) is 4.90 Å². The highest BCUT2D eigenvalue weighted by molar-refractivity contribution is 6.99. The summed E-state index contributed by atoms with van der Waals surface area (Å²) in [7, 11) is 0. The van der Waals surface area contributed by atoms with Gasteiger partial charge in [0.05, 0.1) is 30.0 Å². The van der Waals surface area contributed by atoms with E-state index >= 15 is 0 Å². The number of hydrogen-bond acceptors (Lipinski definition) is 4. The third-order valence-corrected chi connectivity index (χ3v) is 4.18. The molecule has 4 heteroatoms. The number of anilines is 1. The normalized spacial score (nSPS) is 26.1. The number of aromatic nitrogens is 2. The number of nitrogens with zero attached hydrogens (tertiary/aromatic N) is 3. The van der Waals surface area contributed by atoms with Crippen molar-refractivity contribution in [1.82, 2.24) is 8.75 Å². The Morgan fingerprint density at radius 2 is 1.81 bits per heavy atom. The van der Waals surface area contributed by atoms with Crippen LogP contribution in [0.1, 0.15) is 36.1 Å². The average molecular weight is 229 g/mol. The Bertz CT molecular complexity index is 492. The molecule has 2 aliphatic rings. The van der Waals surface area contributed by atoms with Crippen molar-refractivity contribution in [3.63, 3.8) is 0 Å². The fourth-order valence-corrected chi connectivity index (χ4v) is 3.55. The van der Waals surface area contributed by atoms with Crippen LogP contribution in [0.25, 0.3) is 0 Å². The van der Waals surface area contributed by atoms with Gasteiger partial charge in [-0.25, -0.2) is 0 Å². The van der Waals surface area contributed by atoms with Crippen molar-refractivity contribution in [3.8, 4) is 0 Å². The topological polar surface area (TPSA) is 29.0 Å². The lowest BCUT2D eigenvalue weighted by molar-refractivity contribution is 0.717. The number of hydrogen-bond donors (Lipinski definition) is 0. The Morgan fingerprint density at radius 1 is 1.12 bits per heavy atom. The van der Waals surface area contributed by atoms with Gasteiger partial charge in [0.1, 0.15) is 0 Å². The minimum Gasteiger partial charge on any atom is -0.340 e. The molecule has 2 bridgehead atoms. The monoisotopic (exact) mass is 229 g/mol. The highest BCUT2D eigenvalue weighted by Gasteiger charge is 2.44. The van der Waals surface area contributed by atoms with Crippen LogP contribution >= 0.6 is 11.7 Å². The van der Waals surface area contributed by atoms with Crippen molar-refractivity contribution in [1.29, 1.82) is 0 Å². The summed E-state index contributed by atoms with van der Waals surface area (Å²) in [5.74, 6) is 1.05. The van der Waals surface area contributed by atoms with Crippen LogP contribution in [0.3, 0.4) is 0 Å². The van der Waals surface area contributed by atoms with E-state index < -0.39 is 0 Å². The molecule has 3 heterocycles. The molecule has 0 amide bonds. The van der Waals surface area contributed by atoms with Crippen LogP contribution in [0.2, 0.25) is 0 Å². The van der Waals surface area contributed by atoms with Gasteiger partial charge in [-0.1, -0.05) is 24.3 Å². The maximum absolute atomic E-state index is 4.38. The third-order valence-electron chi connectivity index (χ3n) is 3.71. The van der Waals surface area contributed by atoms with Gasteiger partial charge in [-0.15, -0.1) is 0 Å². The standard InChI is InChI=1S/C12H11N3S/c1-2-4-9-8(3-1)10-5-6-11(9)15(10)12-7-13-16-14-12/h1-4,7,10-11H,5-6H2. The first kappa shape index (κ1) is 8.70. The number of rotatable bonds is 1. The second kappa shape index (κ2) is 3.04. The van der Waals surface area contributed by atoms with E-state index in [4.69, 9.17) is 0 Å². The predicted octanol–water partition coefficient (Wildman–Crippen LogP) is 2.93. The lowest BCUT2D eigenvalue weighted by atomic mass is 9.92. The van der Waals surface area contributed by atoms with E-state index in [1.165, 1.54) is 35.7 Å². The van der Waals surface area contributed by atoms with Gasteiger partial charge >= 0.3 is 0 Å². The summed E-state index contributed by atoms with van der Waals surface area (Å²) in [6, 6.07) is 9.85. The fourth-order valence-electron chi connectivity index (χ4n) is 3.13. The van der Waals surface area contributed by atoms with Crippen LogP contribution < -0.4 is 4.90 Å². The van der Waals surface area contributed by atoms with Gasteiger partial charge in [-0.2, -0.15) is 8.75 Å². The van der Waals surface area contributed by atoms with Gasteiger partial charge in [0.25, 0.3) is 0 Å². The molecule has 2 aliphatic heterocycles. The summed E-state index contributed by atoms with van der Waals surface area (Å²) in [6.07, 6.45) is 4.39. The molecule has 3 nitrogen and oxygen atoms in total. The van der Waals surface area contributed by atoms with E-state index in [1.54, 1.807) is 0 Å². The molecule has 0 aliphatic carbocycles. The largest absolute Gasteiger partial charge is 0.340 e. The van der Waals surface area contributed by atoms with E-state index in [9.17, 15) is 0 Å². The quantitative estimate of drug-likeness (QED) is 0.753. The Hall–Kier alpha value is -1.42. The Balaban J connectivity index is 1.86. The first-order chi connectivity index (χ1) is 7.95. The second-order valence-electron chi connectivity index (χ2n) is 4.41. The van der Waals surface area contributed by atoms with Crippen LogP contribution in [-0.4, -0.2) is 8.75 Å². The average Bonchev–Trinajstić information content (AvgIpc) is 3.03. The molecule has 0 radical (unpaired) electrons. The summed E-state index contributed by atoms with van der Waals surface area (Å²) in [4.78, 5) is 2.44. The number of fused-ring (bicyclic) bond motifs is 5. The Morgan fingerprint density at radius 3 is 2.38 bits per heavy atom. The molecule has 4 rings (SSSR count). The summed E-state index contributed by atoms with van der Waals surface area (Å²) < 4.78 is 8.49. The van der Waals surface area contributed by atoms with Gasteiger partial charge in [0.15, 0.2) is 5.82 Å². The highest BCUT2D eigenvalue weighted by Crippen LogP contribution is 2.54. The molecule has 2 atom stereocenters. The van der Waals surface area contributed by atoms with Gasteiger partial charge in [0, 0.05) is 0 Å². The van der Waals surface area contributed by atoms with E-state index in [-0.39, 0.29) is 0 Å². The van der Waals surface area contributed by atoms with Gasteiger partial charge in [-0.05, 0) is 24.0 Å². The summed E-state index contributed by atoms with van der Waals surface area (Å²) in [6.45, 7) is 0.